The first kappa shape index (κ1) is 38.0. The maximum atomic E-state index is 17.7. The highest BCUT2D eigenvalue weighted by atomic mass is 19.1. The van der Waals surface area contributed by atoms with Crippen molar-refractivity contribution in [3.8, 4) is 0 Å². The summed E-state index contributed by atoms with van der Waals surface area (Å²) in [7, 11) is 0. The lowest BCUT2D eigenvalue weighted by Gasteiger charge is -2.62. The van der Waals surface area contributed by atoms with Gasteiger partial charge in [0, 0.05) is 23.2 Å². The number of Topliss-reactive ketones (excluding diaryl/α,β-unsaturated/α-hetero) is 1. The van der Waals surface area contributed by atoms with Gasteiger partial charge in [0.1, 0.15) is 12.6 Å². The number of aliphatic hydroxyl groups excluding tert-OH is 1. The molecule has 1 heterocycles. The number of fused-ring (bicyclic) bond motifs is 7. The molecule has 0 aromatic carbocycles. The second kappa shape index (κ2) is 14.1. The lowest BCUT2D eigenvalue weighted by molar-refractivity contribution is -0.246. The van der Waals surface area contributed by atoms with Crippen LogP contribution in [0.2, 0.25) is 0 Å². The minimum Gasteiger partial charge on any atom is -0.460 e. The molecule has 12 heteroatoms. The molecule has 5 aliphatic rings. The van der Waals surface area contributed by atoms with Crippen LogP contribution in [0, 0.1) is 22.7 Å². The fourth-order valence-electron chi connectivity index (χ4n) is 9.70. The number of carbonyl (C=O) groups is 5. The Hall–Kier alpha value is -3.22. The molecule has 1 amide bonds. The largest absolute Gasteiger partial charge is 0.460 e. The van der Waals surface area contributed by atoms with E-state index in [9.17, 15) is 29.1 Å². The van der Waals surface area contributed by atoms with E-state index in [1.165, 1.54) is 18.2 Å². The number of ether oxygens (including phenoxy) is 4. The van der Waals surface area contributed by atoms with Gasteiger partial charge in [0.25, 0.3) is 0 Å². The summed E-state index contributed by atoms with van der Waals surface area (Å²) in [5.74, 6) is -5.30. The zero-order chi connectivity index (χ0) is 36.7. The molecule has 0 aromatic heterocycles. The van der Waals surface area contributed by atoms with Gasteiger partial charge in [-0.2, -0.15) is 0 Å². The number of carbonyl (C=O) groups excluding carboxylic acids is 5. The standard InChI is InChI=1S/C38H52FNO10/c1-7-9-10-11-12-31(44)40-27(33(46)47-17-8-2)20-32(45)48-22-29(43)38-30(49-34(3,4)50-38)19-26-25-14-13-23-18-24(41)15-16-35(23,5)37(25,39)28(42)21-36(26,38)6/h8,15-16,18,25-28,30,42H,2,7,9-14,17,19-22H2,1,3-6H3,(H,40,44)/t25-,26-,27?,28-,30+,35-,36-,37-,38+/m0/s1. The number of nitrogens with one attached hydrogen (secondary N) is 1. The summed E-state index contributed by atoms with van der Waals surface area (Å²) >= 11 is 0. The normalized spacial score (nSPS) is 36.9. The van der Waals surface area contributed by atoms with Crippen molar-refractivity contribution in [3.63, 3.8) is 0 Å². The lowest BCUT2D eigenvalue weighted by atomic mass is 9.44. The second-order valence-corrected chi connectivity index (χ2v) is 15.5. The summed E-state index contributed by atoms with van der Waals surface area (Å²) in [6, 6.07) is -1.33. The highest BCUT2D eigenvalue weighted by Crippen LogP contribution is 2.72. The third kappa shape index (κ3) is 6.29. The third-order valence-corrected chi connectivity index (χ3v) is 12.0. The van der Waals surface area contributed by atoms with Crippen LogP contribution in [-0.4, -0.2) is 83.0 Å². The minimum atomic E-state index is -2.11. The fraction of sp³-hybridized carbons (Fsp3) is 0.711. The van der Waals surface area contributed by atoms with Crippen molar-refractivity contribution >= 4 is 29.4 Å². The number of allylic oxidation sites excluding steroid dienone is 4. The number of unbranched alkanes of at least 4 members (excludes halogenated alkanes) is 3. The first-order chi connectivity index (χ1) is 23.5. The molecule has 1 unspecified atom stereocenters. The van der Waals surface area contributed by atoms with E-state index in [2.05, 4.69) is 18.8 Å². The van der Waals surface area contributed by atoms with Crippen LogP contribution in [0.4, 0.5) is 4.39 Å². The average Bonchev–Trinajstić information content (AvgIpc) is 3.46. The second-order valence-electron chi connectivity index (χ2n) is 15.5. The van der Waals surface area contributed by atoms with Gasteiger partial charge in [0.05, 0.1) is 18.6 Å². The van der Waals surface area contributed by atoms with E-state index in [0.29, 0.717) is 24.8 Å². The number of amides is 1. The summed E-state index contributed by atoms with van der Waals surface area (Å²) in [5.41, 5.74) is -5.45. The smallest absolute Gasteiger partial charge is 0.329 e. The Morgan fingerprint density at radius 1 is 1.14 bits per heavy atom. The van der Waals surface area contributed by atoms with E-state index in [1.807, 2.05) is 6.92 Å². The molecule has 1 saturated heterocycles. The summed E-state index contributed by atoms with van der Waals surface area (Å²) in [4.78, 5) is 65.1. The number of alkyl halides is 1. The average molecular weight is 702 g/mol. The minimum absolute atomic E-state index is 0.121. The van der Waals surface area contributed by atoms with E-state index in [4.69, 9.17) is 18.9 Å². The molecule has 50 heavy (non-hydrogen) atoms. The van der Waals surface area contributed by atoms with Gasteiger partial charge < -0.3 is 29.4 Å². The number of hydrogen-bond acceptors (Lipinski definition) is 10. The molecule has 5 rings (SSSR count). The van der Waals surface area contributed by atoms with Crippen molar-refractivity contribution in [2.45, 2.75) is 134 Å². The Morgan fingerprint density at radius 2 is 1.88 bits per heavy atom. The molecule has 4 fully saturated rings. The predicted octanol–water partition coefficient (Wildman–Crippen LogP) is 4.54. The highest BCUT2D eigenvalue weighted by Gasteiger charge is 2.80. The molecule has 0 radical (unpaired) electrons. The third-order valence-electron chi connectivity index (χ3n) is 12.0. The quantitative estimate of drug-likeness (QED) is 0.150. The Balaban J connectivity index is 1.34. The van der Waals surface area contributed by atoms with Gasteiger partial charge in [0.15, 0.2) is 29.4 Å². The maximum absolute atomic E-state index is 17.7. The molecule has 2 N–H and O–H groups in total. The van der Waals surface area contributed by atoms with Gasteiger partial charge in [-0.05, 0) is 70.9 Å². The van der Waals surface area contributed by atoms with Crippen molar-refractivity contribution in [3.05, 3.63) is 36.5 Å². The zero-order valence-corrected chi connectivity index (χ0v) is 29.9. The van der Waals surface area contributed by atoms with Crippen LogP contribution >= 0.6 is 0 Å². The lowest BCUT2D eigenvalue weighted by Crippen LogP contribution is -2.70. The Labute approximate surface area is 293 Å². The topological polar surface area (TPSA) is 155 Å². The SMILES string of the molecule is C=CCOC(=O)C(CC(=O)OCC(=O)[C@@]12OC(C)(C)O[C@@H]1C[C@H]1[C@@H]3CCC4=CC(=O)C=C[C@]4(C)[C@@]3(F)[C@@H](O)C[C@@]12C)NC(=O)CCCCCC. The Morgan fingerprint density at radius 3 is 2.58 bits per heavy atom. The molecule has 276 valence electrons. The van der Waals surface area contributed by atoms with Gasteiger partial charge in [0.2, 0.25) is 11.7 Å². The van der Waals surface area contributed by atoms with E-state index in [0.717, 1.165) is 19.3 Å². The summed E-state index contributed by atoms with van der Waals surface area (Å²) in [6.45, 7) is 11.6. The van der Waals surface area contributed by atoms with Crippen LogP contribution < -0.4 is 5.32 Å². The summed E-state index contributed by atoms with van der Waals surface area (Å²) in [6.07, 6.45) is 7.46. The maximum Gasteiger partial charge on any atom is 0.329 e. The van der Waals surface area contributed by atoms with Gasteiger partial charge in [-0.3, -0.25) is 19.2 Å². The molecule has 3 saturated carbocycles. The molecular formula is C38H52FNO10. The molecule has 0 spiro atoms. The number of rotatable bonds is 14. The van der Waals surface area contributed by atoms with Gasteiger partial charge in [-0.25, -0.2) is 9.18 Å². The van der Waals surface area contributed by atoms with Gasteiger partial charge in [-0.15, -0.1) is 0 Å². The number of esters is 2. The highest BCUT2D eigenvalue weighted by molar-refractivity contribution is 6.01. The van der Waals surface area contributed by atoms with Crippen LogP contribution in [0.15, 0.2) is 36.5 Å². The van der Waals surface area contributed by atoms with Crippen molar-refractivity contribution in [1.82, 2.24) is 5.32 Å². The number of hydrogen-bond donors (Lipinski definition) is 2. The van der Waals surface area contributed by atoms with E-state index >= 15 is 4.39 Å². The van der Waals surface area contributed by atoms with Crippen LogP contribution in [0.5, 0.6) is 0 Å². The summed E-state index contributed by atoms with van der Waals surface area (Å²) < 4.78 is 41.0. The molecule has 11 nitrogen and oxygen atoms in total. The fourth-order valence-corrected chi connectivity index (χ4v) is 9.70. The Bertz CT molecular complexity index is 1470. The first-order valence-corrected chi connectivity index (χ1v) is 17.9. The predicted molar refractivity (Wildman–Crippen MR) is 179 cm³/mol. The van der Waals surface area contributed by atoms with Crippen molar-refractivity contribution in [1.29, 1.82) is 0 Å². The van der Waals surface area contributed by atoms with Crippen molar-refractivity contribution in [2.75, 3.05) is 13.2 Å². The molecule has 4 aliphatic carbocycles. The molecular weight excluding hydrogens is 649 g/mol. The van der Waals surface area contributed by atoms with Gasteiger partial charge >= 0.3 is 11.9 Å². The molecule has 0 bridgehead atoms. The van der Waals surface area contributed by atoms with Gasteiger partial charge in [-0.1, -0.05) is 57.4 Å². The van der Waals surface area contributed by atoms with E-state index in [1.54, 1.807) is 26.8 Å². The first-order valence-electron chi connectivity index (χ1n) is 17.9. The van der Waals surface area contributed by atoms with Crippen molar-refractivity contribution < 1.29 is 52.4 Å². The van der Waals surface area contributed by atoms with Crippen molar-refractivity contribution in [2.24, 2.45) is 22.7 Å². The molecule has 0 aromatic rings. The monoisotopic (exact) mass is 701 g/mol. The molecule has 9 atom stereocenters. The van der Waals surface area contributed by atoms with Crippen LogP contribution in [0.25, 0.3) is 0 Å². The number of aliphatic hydroxyl groups is 1. The summed E-state index contributed by atoms with van der Waals surface area (Å²) in [5, 5.41) is 14.3. The van der Waals surface area contributed by atoms with Crippen LogP contribution in [0.3, 0.4) is 0 Å². The van der Waals surface area contributed by atoms with Crippen LogP contribution in [0.1, 0.15) is 98.8 Å². The number of ketones is 2. The van der Waals surface area contributed by atoms with Crippen LogP contribution in [-0.2, 0) is 42.9 Å². The molecule has 1 aliphatic heterocycles. The Kier molecular flexibility index (Phi) is 10.7. The zero-order valence-electron chi connectivity index (χ0n) is 29.9. The van der Waals surface area contributed by atoms with E-state index in [-0.39, 0.29) is 31.7 Å². The number of halogens is 1. The van der Waals surface area contributed by atoms with E-state index < -0.39 is 94.6 Å².